The summed E-state index contributed by atoms with van der Waals surface area (Å²) in [7, 11) is 0. The molecule has 0 aliphatic carbocycles. The Labute approximate surface area is 151 Å². The number of phenolic OH excluding ortho intramolecular Hbond substituents is 1. The third-order valence-electron chi connectivity index (χ3n) is 4.71. The van der Waals surface area contributed by atoms with Crippen LogP contribution in [0.4, 0.5) is 0 Å². The molecule has 1 aromatic carbocycles. The molecular weight excluding hydrogens is 332 g/mol. The second-order valence-electron chi connectivity index (χ2n) is 6.50. The summed E-state index contributed by atoms with van der Waals surface area (Å²) >= 11 is 0. The number of morpholine rings is 1. The van der Waals surface area contributed by atoms with E-state index in [-0.39, 0.29) is 17.3 Å². The summed E-state index contributed by atoms with van der Waals surface area (Å²) in [6.07, 6.45) is 5.04. The van der Waals surface area contributed by atoms with Crippen LogP contribution in [0.2, 0.25) is 0 Å². The number of ether oxygens (including phenoxy) is 2. The van der Waals surface area contributed by atoms with Gasteiger partial charge in [-0.3, -0.25) is 14.7 Å². The number of aryl methyl sites for hydroxylation is 1. The highest BCUT2D eigenvalue weighted by Crippen LogP contribution is 2.42. The van der Waals surface area contributed by atoms with Crippen LogP contribution in [0.25, 0.3) is 6.08 Å². The molecule has 0 spiro atoms. The highest BCUT2D eigenvalue weighted by Gasteiger charge is 2.33. The molecule has 134 valence electrons. The number of phenols is 1. The van der Waals surface area contributed by atoms with Crippen LogP contribution < -0.4 is 4.74 Å². The van der Waals surface area contributed by atoms with E-state index in [0.717, 1.165) is 18.7 Å². The van der Waals surface area contributed by atoms with Crippen molar-refractivity contribution in [3.05, 3.63) is 58.6 Å². The molecule has 26 heavy (non-hydrogen) atoms. The number of allylic oxidation sites excluding steroid dienone is 1. The third kappa shape index (κ3) is 3.09. The number of rotatable bonds is 3. The van der Waals surface area contributed by atoms with Crippen molar-refractivity contribution >= 4 is 11.9 Å². The SMILES string of the molecule is Cc1cc(O)c(CN2CCOCC2)c2c1C(=O)/C(=C/c1ccncc1)O2. The summed E-state index contributed by atoms with van der Waals surface area (Å²) in [6, 6.07) is 5.27. The number of aromatic nitrogens is 1. The number of Topliss-reactive ketones (excluding diaryl/α,β-unsaturated/α-hetero) is 1. The van der Waals surface area contributed by atoms with Crippen LogP contribution in [0.5, 0.6) is 11.5 Å². The smallest absolute Gasteiger partial charge is 0.232 e. The molecule has 0 radical (unpaired) electrons. The molecule has 6 nitrogen and oxygen atoms in total. The molecule has 3 heterocycles. The topological polar surface area (TPSA) is 71.9 Å². The van der Waals surface area contributed by atoms with E-state index in [1.807, 2.05) is 19.1 Å². The van der Waals surface area contributed by atoms with E-state index in [1.54, 1.807) is 24.5 Å². The average molecular weight is 352 g/mol. The van der Waals surface area contributed by atoms with E-state index in [1.165, 1.54) is 0 Å². The number of ketones is 1. The minimum atomic E-state index is -0.155. The maximum Gasteiger partial charge on any atom is 0.232 e. The fourth-order valence-corrected chi connectivity index (χ4v) is 3.33. The van der Waals surface area contributed by atoms with Crippen LogP contribution in [0.15, 0.2) is 36.4 Å². The molecule has 1 N–H and O–H groups in total. The van der Waals surface area contributed by atoms with Gasteiger partial charge in [-0.2, -0.15) is 0 Å². The lowest BCUT2D eigenvalue weighted by atomic mass is 9.99. The van der Waals surface area contributed by atoms with E-state index < -0.39 is 0 Å². The van der Waals surface area contributed by atoms with Gasteiger partial charge in [-0.15, -0.1) is 0 Å². The van der Waals surface area contributed by atoms with Crippen molar-refractivity contribution in [3.8, 4) is 11.5 Å². The van der Waals surface area contributed by atoms with E-state index in [4.69, 9.17) is 9.47 Å². The van der Waals surface area contributed by atoms with Gasteiger partial charge in [0.05, 0.1) is 24.3 Å². The maximum atomic E-state index is 12.9. The average Bonchev–Trinajstić information content (AvgIpc) is 2.97. The predicted molar refractivity (Wildman–Crippen MR) is 96.1 cm³/mol. The monoisotopic (exact) mass is 352 g/mol. The Bertz CT molecular complexity index is 871. The quantitative estimate of drug-likeness (QED) is 0.856. The van der Waals surface area contributed by atoms with Gasteiger partial charge in [0.1, 0.15) is 11.5 Å². The highest BCUT2D eigenvalue weighted by atomic mass is 16.5. The van der Waals surface area contributed by atoms with Crippen LogP contribution in [0.1, 0.15) is 27.0 Å². The maximum absolute atomic E-state index is 12.9. The Balaban J connectivity index is 1.71. The summed E-state index contributed by atoms with van der Waals surface area (Å²) in [5.41, 5.74) is 2.74. The summed E-state index contributed by atoms with van der Waals surface area (Å²) in [5.74, 6) is 0.741. The van der Waals surface area contributed by atoms with Crippen LogP contribution >= 0.6 is 0 Å². The molecule has 0 amide bonds. The molecule has 0 saturated carbocycles. The molecule has 1 saturated heterocycles. The van der Waals surface area contributed by atoms with E-state index in [0.29, 0.717) is 42.2 Å². The number of benzene rings is 1. The number of fused-ring (bicyclic) bond motifs is 1. The second-order valence-corrected chi connectivity index (χ2v) is 6.50. The van der Waals surface area contributed by atoms with Gasteiger partial charge in [0.15, 0.2) is 5.76 Å². The van der Waals surface area contributed by atoms with Gasteiger partial charge in [0.2, 0.25) is 5.78 Å². The number of aromatic hydroxyl groups is 1. The zero-order valence-electron chi connectivity index (χ0n) is 14.6. The molecule has 4 rings (SSSR count). The largest absolute Gasteiger partial charge is 0.507 e. The molecular formula is C20H20N2O4. The van der Waals surface area contributed by atoms with Crippen molar-refractivity contribution in [1.29, 1.82) is 0 Å². The van der Waals surface area contributed by atoms with E-state index >= 15 is 0 Å². The number of nitrogens with zero attached hydrogens (tertiary/aromatic N) is 2. The van der Waals surface area contributed by atoms with Crippen molar-refractivity contribution < 1.29 is 19.4 Å². The van der Waals surface area contributed by atoms with Gasteiger partial charge in [-0.05, 0) is 42.3 Å². The number of carbonyl (C=O) groups excluding carboxylic acids is 1. The Hall–Kier alpha value is -2.70. The van der Waals surface area contributed by atoms with Crippen LogP contribution in [-0.4, -0.2) is 47.1 Å². The standard InChI is InChI=1S/C20H20N2O4/c1-13-10-16(23)15(12-22-6-8-25-9-7-22)20-18(13)19(24)17(26-20)11-14-2-4-21-5-3-14/h2-5,10-11,23H,6-9,12H2,1H3/b17-11-. The first-order valence-electron chi connectivity index (χ1n) is 8.63. The summed E-state index contributed by atoms with van der Waals surface area (Å²) in [6.45, 7) is 5.25. The van der Waals surface area contributed by atoms with Crippen LogP contribution in [-0.2, 0) is 11.3 Å². The minimum Gasteiger partial charge on any atom is -0.507 e. The van der Waals surface area contributed by atoms with Gasteiger partial charge in [-0.25, -0.2) is 0 Å². The minimum absolute atomic E-state index is 0.155. The Kier molecular flexibility index (Phi) is 4.44. The van der Waals surface area contributed by atoms with Crippen molar-refractivity contribution in [2.24, 2.45) is 0 Å². The molecule has 2 aliphatic rings. The number of hydrogen-bond acceptors (Lipinski definition) is 6. The molecule has 1 aromatic heterocycles. The number of carbonyl (C=O) groups is 1. The van der Waals surface area contributed by atoms with Crippen LogP contribution in [0.3, 0.4) is 0 Å². The fourth-order valence-electron chi connectivity index (χ4n) is 3.33. The normalized spacial score (nSPS) is 18.8. The highest BCUT2D eigenvalue weighted by molar-refractivity contribution is 6.15. The van der Waals surface area contributed by atoms with Gasteiger partial charge in [-0.1, -0.05) is 0 Å². The summed E-state index contributed by atoms with van der Waals surface area (Å²) < 4.78 is 11.3. The first kappa shape index (κ1) is 16.8. The third-order valence-corrected chi connectivity index (χ3v) is 4.71. The van der Waals surface area contributed by atoms with Gasteiger partial charge in [0.25, 0.3) is 0 Å². The lowest BCUT2D eigenvalue weighted by Crippen LogP contribution is -2.35. The first-order valence-corrected chi connectivity index (χ1v) is 8.63. The fraction of sp³-hybridized carbons (Fsp3) is 0.300. The number of pyridine rings is 1. The second kappa shape index (κ2) is 6.90. The Morgan fingerprint density at radius 2 is 2.00 bits per heavy atom. The zero-order valence-corrected chi connectivity index (χ0v) is 14.6. The van der Waals surface area contributed by atoms with Crippen molar-refractivity contribution in [1.82, 2.24) is 9.88 Å². The van der Waals surface area contributed by atoms with E-state index in [9.17, 15) is 9.90 Å². The van der Waals surface area contributed by atoms with Crippen molar-refractivity contribution in [2.75, 3.05) is 26.3 Å². The number of hydrogen-bond donors (Lipinski definition) is 1. The molecule has 2 aliphatic heterocycles. The molecule has 0 atom stereocenters. The molecule has 0 unspecified atom stereocenters. The Morgan fingerprint density at radius 3 is 2.73 bits per heavy atom. The van der Waals surface area contributed by atoms with Gasteiger partial charge >= 0.3 is 0 Å². The summed E-state index contributed by atoms with van der Waals surface area (Å²) in [4.78, 5) is 19.0. The molecule has 6 heteroatoms. The van der Waals surface area contributed by atoms with E-state index in [2.05, 4.69) is 9.88 Å². The van der Waals surface area contributed by atoms with Crippen molar-refractivity contribution in [3.63, 3.8) is 0 Å². The van der Waals surface area contributed by atoms with Gasteiger partial charge < -0.3 is 14.6 Å². The van der Waals surface area contributed by atoms with Gasteiger partial charge in [0, 0.05) is 32.0 Å². The van der Waals surface area contributed by atoms with Crippen molar-refractivity contribution in [2.45, 2.75) is 13.5 Å². The summed E-state index contributed by atoms with van der Waals surface area (Å²) in [5, 5.41) is 10.5. The molecule has 2 aromatic rings. The molecule has 1 fully saturated rings. The van der Waals surface area contributed by atoms with Crippen LogP contribution in [0, 0.1) is 6.92 Å². The lowest BCUT2D eigenvalue weighted by molar-refractivity contribution is 0.0336. The lowest BCUT2D eigenvalue weighted by Gasteiger charge is -2.27. The first-order chi connectivity index (χ1) is 12.6. The Morgan fingerprint density at radius 1 is 1.27 bits per heavy atom. The predicted octanol–water partition coefficient (Wildman–Crippen LogP) is 2.54. The molecule has 0 bridgehead atoms. The zero-order chi connectivity index (χ0) is 18.1.